The Bertz CT molecular complexity index is 540. The first-order valence-corrected chi connectivity index (χ1v) is 7.50. The minimum atomic E-state index is -4.39. The van der Waals surface area contributed by atoms with Gasteiger partial charge in [0, 0.05) is 0 Å². The lowest BCUT2D eigenvalue weighted by molar-refractivity contribution is -0.137. The molecule has 0 unspecified atom stereocenters. The standard InChI is InChI=1S/C16H21F3N2O.ClH/c1-11(20)14(22)21-15(8-3-2-4-9-15)12-6-5-7-13(10-12)16(17,18)19;/h5-7,10-11H,2-4,8-9,20H2,1H3,(H,21,22);1H/t11-;/m0./s1. The maximum absolute atomic E-state index is 12.9. The first-order chi connectivity index (χ1) is 10.2. The van der Waals surface area contributed by atoms with Crippen molar-refractivity contribution in [3.05, 3.63) is 35.4 Å². The molecule has 0 aromatic heterocycles. The van der Waals surface area contributed by atoms with Crippen LogP contribution in [0.1, 0.15) is 50.2 Å². The molecule has 3 nitrogen and oxygen atoms in total. The molecule has 1 aromatic rings. The van der Waals surface area contributed by atoms with E-state index in [4.69, 9.17) is 5.73 Å². The van der Waals surface area contributed by atoms with Crippen molar-refractivity contribution in [2.45, 2.75) is 56.8 Å². The molecule has 130 valence electrons. The Morgan fingerprint density at radius 2 is 1.87 bits per heavy atom. The number of hydrogen-bond donors (Lipinski definition) is 2. The lowest BCUT2D eigenvalue weighted by Gasteiger charge is -2.39. The molecule has 23 heavy (non-hydrogen) atoms. The van der Waals surface area contributed by atoms with Gasteiger partial charge in [-0.05, 0) is 37.5 Å². The van der Waals surface area contributed by atoms with E-state index in [1.54, 1.807) is 13.0 Å². The van der Waals surface area contributed by atoms with E-state index in [1.165, 1.54) is 6.07 Å². The molecule has 0 spiro atoms. The van der Waals surface area contributed by atoms with E-state index >= 15 is 0 Å². The maximum Gasteiger partial charge on any atom is 0.416 e. The second-order valence-corrected chi connectivity index (χ2v) is 6.00. The van der Waals surface area contributed by atoms with Crippen LogP contribution >= 0.6 is 12.4 Å². The molecule has 0 radical (unpaired) electrons. The summed E-state index contributed by atoms with van der Waals surface area (Å²) in [6.45, 7) is 1.57. The van der Waals surface area contributed by atoms with Crippen LogP contribution < -0.4 is 11.1 Å². The summed E-state index contributed by atoms with van der Waals surface area (Å²) in [5.74, 6) is -0.334. The second kappa shape index (κ2) is 7.53. The third kappa shape index (κ3) is 4.61. The minimum absolute atomic E-state index is 0. The van der Waals surface area contributed by atoms with Gasteiger partial charge in [-0.15, -0.1) is 12.4 Å². The van der Waals surface area contributed by atoms with Gasteiger partial charge in [-0.3, -0.25) is 4.79 Å². The summed E-state index contributed by atoms with van der Waals surface area (Å²) in [6.07, 6.45) is -0.365. The molecule has 0 heterocycles. The van der Waals surface area contributed by atoms with Crippen LogP contribution in [0, 0.1) is 0 Å². The van der Waals surface area contributed by atoms with Crippen molar-refractivity contribution in [3.63, 3.8) is 0 Å². The molecule has 0 aliphatic heterocycles. The summed E-state index contributed by atoms with van der Waals surface area (Å²) < 4.78 is 38.8. The van der Waals surface area contributed by atoms with Crippen molar-refractivity contribution < 1.29 is 18.0 Å². The van der Waals surface area contributed by atoms with Crippen molar-refractivity contribution in [1.82, 2.24) is 5.32 Å². The number of halogens is 4. The quantitative estimate of drug-likeness (QED) is 0.872. The Hall–Kier alpha value is -1.27. The fourth-order valence-corrected chi connectivity index (χ4v) is 2.98. The third-order valence-corrected chi connectivity index (χ3v) is 4.23. The highest BCUT2D eigenvalue weighted by Gasteiger charge is 2.38. The van der Waals surface area contributed by atoms with Crippen LogP contribution in [0.15, 0.2) is 24.3 Å². The molecule has 1 amide bonds. The first kappa shape index (κ1) is 19.8. The fourth-order valence-electron chi connectivity index (χ4n) is 2.98. The number of alkyl halides is 3. The molecular formula is C16H22ClF3N2O. The van der Waals surface area contributed by atoms with Gasteiger partial charge in [0.1, 0.15) is 0 Å². The SMILES string of the molecule is C[C@H](N)C(=O)NC1(c2cccc(C(F)(F)F)c2)CCCCC1.Cl. The molecule has 3 N–H and O–H groups in total. The third-order valence-electron chi connectivity index (χ3n) is 4.23. The van der Waals surface area contributed by atoms with Crippen molar-refractivity contribution >= 4 is 18.3 Å². The number of amides is 1. The molecular weight excluding hydrogens is 329 g/mol. The van der Waals surface area contributed by atoms with Gasteiger partial charge in [-0.2, -0.15) is 13.2 Å². The Morgan fingerprint density at radius 1 is 1.26 bits per heavy atom. The van der Waals surface area contributed by atoms with Crippen LogP contribution in [0.25, 0.3) is 0 Å². The van der Waals surface area contributed by atoms with Gasteiger partial charge in [0.15, 0.2) is 0 Å². The molecule has 0 bridgehead atoms. The summed E-state index contributed by atoms with van der Waals surface area (Å²) >= 11 is 0. The Labute approximate surface area is 140 Å². The molecule has 7 heteroatoms. The van der Waals surface area contributed by atoms with Gasteiger partial charge in [-0.1, -0.05) is 31.4 Å². The highest BCUT2D eigenvalue weighted by Crippen LogP contribution is 2.39. The number of hydrogen-bond acceptors (Lipinski definition) is 2. The second-order valence-electron chi connectivity index (χ2n) is 6.00. The zero-order valence-electron chi connectivity index (χ0n) is 13.0. The van der Waals surface area contributed by atoms with Crippen LogP contribution in [-0.4, -0.2) is 11.9 Å². The number of benzene rings is 1. The largest absolute Gasteiger partial charge is 0.416 e. The fraction of sp³-hybridized carbons (Fsp3) is 0.562. The Kier molecular flexibility index (Phi) is 6.48. The average Bonchev–Trinajstić information content (AvgIpc) is 2.47. The molecule has 1 aromatic carbocycles. The van der Waals surface area contributed by atoms with E-state index in [0.29, 0.717) is 18.4 Å². The topological polar surface area (TPSA) is 55.1 Å². The van der Waals surface area contributed by atoms with Crippen LogP contribution in [-0.2, 0) is 16.5 Å². The number of rotatable bonds is 3. The van der Waals surface area contributed by atoms with Gasteiger partial charge in [0.25, 0.3) is 0 Å². The van der Waals surface area contributed by atoms with E-state index in [1.807, 2.05) is 0 Å². The van der Waals surface area contributed by atoms with Gasteiger partial charge in [-0.25, -0.2) is 0 Å². The van der Waals surface area contributed by atoms with Crippen LogP contribution in [0.4, 0.5) is 13.2 Å². The zero-order valence-corrected chi connectivity index (χ0v) is 13.8. The van der Waals surface area contributed by atoms with E-state index < -0.39 is 23.3 Å². The zero-order chi connectivity index (χ0) is 16.4. The molecule has 1 fully saturated rings. The Balaban J connectivity index is 0.00000264. The van der Waals surface area contributed by atoms with Crippen LogP contribution in [0.3, 0.4) is 0 Å². The average molecular weight is 351 g/mol. The summed E-state index contributed by atoms with van der Waals surface area (Å²) in [7, 11) is 0. The molecule has 1 aliphatic rings. The monoisotopic (exact) mass is 350 g/mol. The Morgan fingerprint density at radius 3 is 2.39 bits per heavy atom. The number of nitrogens with two attached hydrogens (primary N) is 1. The van der Waals surface area contributed by atoms with Gasteiger partial charge in [0.2, 0.25) is 5.91 Å². The van der Waals surface area contributed by atoms with Gasteiger partial charge in [0.05, 0.1) is 17.1 Å². The first-order valence-electron chi connectivity index (χ1n) is 7.50. The summed E-state index contributed by atoms with van der Waals surface area (Å²) in [5.41, 5.74) is 4.67. The predicted octanol–water partition coefficient (Wildman–Crippen LogP) is 3.75. The lowest BCUT2D eigenvalue weighted by Crippen LogP contribution is -2.52. The number of carbonyl (C=O) groups excluding carboxylic acids is 1. The summed E-state index contributed by atoms with van der Waals surface area (Å²) in [4.78, 5) is 12.0. The molecule has 1 aliphatic carbocycles. The van der Waals surface area contributed by atoms with Gasteiger partial charge >= 0.3 is 6.18 Å². The van der Waals surface area contributed by atoms with Crippen molar-refractivity contribution in [2.24, 2.45) is 5.73 Å². The number of nitrogens with one attached hydrogen (secondary N) is 1. The van der Waals surface area contributed by atoms with E-state index in [-0.39, 0.29) is 18.3 Å². The van der Waals surface area contributed by atoms with Crippen LogP contribution in [0.5, 0.6) is 0 Å². The van der Waals surface area contributed by atoms with E-state index in [0.717, 1.165) is 31.4 Å². The van der Waals surface area contributed by atoms with Crippen LogP contribution in [0.2, 0.25) is 0 Å². The van der Waals surface area contributed by atoms with E-state index in [9.17, 15) is 18.0 Å². The van der Waals surface area contributed by atoms with E-state index in [2.05, 4.69) is 5.32 Å². The molecule has 1 atom stereocenters. The van der Waals surface area contributed by atoms with Crippen molar-refractivity contribution in [3.8, 4) is 0 Å². The molecule has 1 saturated carbocycles. The van der Waals surface area contributed by atoms with Crippen molar-refractivity contribution in [1.29, 1.82) is 0 Å². The molecule has 2 rings (SSSR count). The lowest BCUT2D eigenvalue weighted by atomic mass is 9.76. The predicted molar refractivity (Wildman–Crippen MR) is 85.2 cm³/mol. The number of carbonyl (C=O) groups is 1. The normalized spacial score (nSPS) is 18.7. The highest BCUT2D eigenvalue weighted by atomic mass is 35.5. The van der Waals surface area contributed by atoms with Crippen molar-refractivity contribution in [2.75, 3.05) is 0 Å². The summed E-state index contributed by atoms with van der Waals surface area (Å²) in [5, 5.41) is 2.90. The maximum atomic E-state index is 12.9. The smallest absolute Gasteiger partial charge is 0.345 e. The molecule has 0 saturated heterocycles. The summed E-state index contributed by atoms with van der Waals surface area (Å²) in [6, 6.07) is 4.55. The highest BCUT2D eigenvalue weighted by molar-refractivity contribution is 5.85. The minimum Gasteiger partial charge on any atom is -0.345 e. The van der Waals surface area contributed by atoms with Gasteiger partial charge < -0.3 is 11.1 Å².